The second-order valence-corrected chi connectivity index (χ2v) is 9.18. The lowest BCUT2D eigenvalue weighted by Crippen LogP contribution is -2.12. The fourth-order valence-electron chi connectivity index (χ4n) is 3.82. The molecule has 0 fully saturated rings. The van der Waals surface area contributed by atoms with Crippen molar-refractivity contribution in [2.24, 2.45) is 0 Å². The predicted molar refractivity (Wildman–Crippen MR) is 132 cm³/mol. The van der Waals surface area contributed by atoms with E-state index in [1.54, 1.807) is 18.0 Å². The molecule has 2 aromatic carbocycles. The number of carbonyl (C=O) groups excluding carboxylic acids is 1. The van der Waals surface area contributed by atoms with Crippen LogP contribution in [0.15, 0.2) is 72.9 Å². The first-order valence-electron chi connectivity index (χ1n) is 11.2. The van der Waals surface area contributed by atoms with Gasteiger partial charge in [0, 0.05) is 23.7 Å². The number of hydrogen-bond acceptors (Lipinski definition) is 5. The molecular weight excluding hydrogens is 426 g/mol. The molecule has 0 atom stereocenters. The van der Waals surface area contributed by atoms with Crippen molar-refractivity contribution in [2.75, 3.05) is 7.11 Å². The van der Waals surface area contributed by atoms with E-state index in [4.69, 9.17) is 9.47 Å². The number of carbonyl (C=O) groups is 1. The van der Waals surface area contributed by atoms with E-state index < -0.39 is 0 Å². The highest BCUT2D eigenvalue weighted by atomic mass is 16.5. The molecule has 0 radical (unpaired) electrons. The Bertz CT molecular complexity index is 1270. The lowest BCUT2D eigenvalue weighted by atomic mass is 9.86. The maximum Gasteiger partial charge on any atom is 0.222 e. The average molecular weight is 456 g/mol. The SMILES string of the molecule is COc1ccc(Cn2nc(Cc3cccnc3Oc3ccccc3C(C)(C)C)cc2C=O)cc1. The van der Waals surface area contributed by atoms with E-state index in [2.05, 4.69) is 36.9 Å². The fraction of sp³-hybridized carbons (Fsp3) is 0.250. The second-order valence-electron chi connectivity index (χ2n) is 9.18. The van der Waals surface area contributed by atoms with Gasteiger partial charge in [-0.3, -0.25) is 9.48 Å². The van der Waals surface area contributed by atoms with Gasteiger partial charge in [0.05, 0.1) is 19.3 Å². The number of pyridine rings is 1. The highest BCUT2D eigenvalue weighted by Crippen LogP contribution is 2.34. The summed E-state index contributed by atoms with van der Waals surface area (Å²) in [5.74, 6) is 2.11. The van der Waals surface area contributed by atoms with Crippen LogP contribution in [0, 0.1) is 0 Å². The van der Waals surface area contributed by atoms with Gasteiger partial charge in [0.1, 0.15) is 17.2 Å². The van der Waals surface area contributed by atoms with E-state index in [9.17, 15) is 4.79 Å². The minimum absolute atomic E-state index is 0.0649. The smallest absolute Gasteiger partial charge is 0.222 e. The largest absolute Gasteiger partial charge is 0.497 e. The third-order valence-electron chi connectivity index (χ3n) is 5.60. The zero-order chi connectivity index (χ0) is 24.1. The molecule has 0 aliphatic rings. The average Bonchev–Trinajstić information content (AvgIpc) is 3.21. The van der Waals surface area contributed by atoms with Gasteiger partial charge in [-0.1, -0.05) is 57.2 Å². The van der Waals surface area contributed by atoms with Crippen LogP contribution in [-0.2, 0) is 18.4 Å². The lowest BCUT2D eigenvalue weighted by molar-refractivity contribution is 0.111. The van der Waals surface area contributed by atoms with Crippen molar-refractivity contribution in [3.63, 3.8) is 0 Å². The molecule has 2 aromatic heterocycles. The minimum atomic E-state index is -0.0649. The lowest BCUT2D eigenvalue weighted by Gasteiger charge is -2.22. The van der Waals surface area contributed by atoms with E-state index in [0.29, 0.717) is 24.5 Å². The van der Waals surface area contributed by atoms with E-state index in [-0.39, 0.29) is 5.41 Å². The molecule has 4 rings (SSSR count). The number of benzene rings is 2. The van der Waals surface area contributed by atoms with Crippen molar-refractivity contribution >= 4 is 6.29 Å². The van der Waals surface area contributed by atoms with E-state index >= 15 is 0 Å². The quantitative estimate of drug-likeness (QED) is 0.313. The third kappa shape index (κ3) is 5.34. The van der Waals surface area contributed by atoms with Crippen LogP contribution in [0.3, 0.4) is 0 Å². The van der Waals surface area contributed by atoms with Gasteiger partial charge >= 0.3 is 0 Å². The first-order chi connectivity index (χ1) is 16.4. The van der Waals surface area contributed by atoms with Crippen molar-refractivity contribution in [2.45, 2.75) is 39.2 Å². The summed E-state index contributed by atoms with van der Waals surface area (Å²) in [5.41, 5.74) is 4.27. The van der Waals surface area contributed by atoms with Gasteiger partial charge in [-0.15, -0.1) is 0 Å². The zero-order valence-corrected chi connectivity index (χ0v) is 20.0. The molecule has 0 aliphatic carbocycles. The van der Waals surface area contributed by atoms with Crippen LogP contribution in [0.4, 0.5) is 0 Å². The van der Waals surface area contributed by atoms with Gasteiger partial charge < -0.3 is 9.47 Å². The van der Waals surface area contributed by atoms with Gasteiger partial charge in [-0.2, -0.15) is 5.10 Å². The van der Waals surface area contributed by atoms with Gasteiger partial charge in [-0.05, 0) is 41.3 Å². The van der Waals surface area contributed by atoms with Crippen LogP contribution >= 0.6 is 0 Å². The van der Waals surface area contributed by atoms with Crippen LogP contribution in [0.25, 0.3) is 0 Å². The molecule has 0 N–H and O–H groups in total. The Morgan fingerprint density at radius 3 is 2.47 bits per heavy atom. The Balaban J connectivity index is 1.58. The molecule has 34 heavy (non-hydrogen) atoms. The number of hydrogen-bond donors (Lipinski definition) is 0. The summed E-state index contributed by atoms with van der Waals surface area (Å²) >= 11 is 0. The van der Waals surface area contributed by atoms with Crippen LogP contribution in [-0.4, -0.2) is 28.2 Å². The van der Waals surface area contributed by atoms with Crippen LogP contribution in [0.1, 0.15) is 53.6 Å². The Morgan fingerprint density at radius 1 is 1.00 bits per heavy atom. The van der Waals surface area contributed by atoms with Crippen molar-refractivity contribution in [3.8, 4) is 17.4 Å². The fourth-order valence-corrected chi connectivity index (χ4v) is 3.82. The van der Waals surface area contributed by atoms with Crippen LogP contribution < -0.4 is 9.47 Å². The van der Waals surface area contributed by atoms with Crippen LogP contribution in [0.2, 0.25) is 0 Å². The Kier molecular flexibility index (Phi) is 6.77. The Labute approximate surface area is 200 Å². The summed E-state index contributed by atoms with van der Waals surface area (Å²) in [6.45, 7) is 6.97. The Morgan fingerprint density at radius 2 is 1.76 bits per heavy atom. The number of ether oxygens (including phenoxy) is 2. The van der Waals surface area contributed by atoms with Gasteiger partial charge in [0.2, 0.25) is 5.88 Å². The number of nitrogens with zero attached hydrogens (tertiary/aromatic N) is 3. The normalized spacial score (nSPS) is 11.3. The molecule has 4 aromatic rings. The third-order valence-corrected chi connectivity index (χ3v) is 5.60. The van der Waals surface area contributed by atoms with Gasteiger partial charge in [-0.25, -0.2) is 4.98 Å². The maximum absolute atomic E-state index is 11.7. The summed E-state index contributed by atoms with van der Waals surface area (Å²) in [6, 6.07) is 21.4. The molecule has 0 aliphatic heterocycles. The van der Waals surface area contributed by atoms with E-state index in [1.807, 2.05) is 60.7 Å². The number of methoxy groups -OCH3 is 1. The predicted octanol–water partition coefficient (Wildman–Crippen LogP) is 5.83. The molecule has 0 bridgehead atoms. The molecule has 0 saturated heterocycles. The van der Waals surface area contributed by atoms with Crippen molar-refractivity contribution in [1.82, 2.24) is 14.8 Å². The molecule has 0 saturated carbocycles. The first kappa shape index (κ1) is 23.2. The number of para-hydroxylation sites is 1. The highest BCUT2D eigenvalue weighted by Gasteiger charge is 2.20. The van der Waals surface area contributed by atoms with E-state index in [1.165, 1.54) is 0 Å². The number of rotatable bonds is 8. The van der Waals surface area contributed by atoms with Crippen molar-refractivity contribution in [1.29, 1.82) is 0 Å². The number of aromatic nitrogens is 3. The molecule has 6 nitrogen and oxygen atoms in total. The topological polar surface area (TPSA) is 66.2 Å². The molecular formula is C28H29N3O3. The monoisotopic (exact) mass is 455 g/mol. The number of aldehydes is 1. The van der Waals surface area contributed by atoms with E-state index in [0.717, 1.165) is 40.2 Å². The highest BCUT2D eigenvalue weighted by molar-refractivity contribution is 5.72. The van der Waals surface area contributed by atoms with Gasteiger partial charge in [0.15, 0.2) is 6.29 Å². The summed E-state index contributed by atoms with van der Waals surface area (Å²) in [6.07, 6.45) is 3.05. The Hall–Kier alpha value is -3.93. The second kappa shape index (κ2) is 9.91. The molecule has 0 unspecified atom stereocenters. The summed E-state index contributed by atoms with van der Waals surface area (Å²) in [5, 5.41) is 4.69. The van der Waals surface area contributed by atoms with Crippen molar-refractivity contribution < 1.29 is 14.3 Å². The molecule has 2 heterocycles. The zero-order valence-electron chi connectivity index (χ0n) is 20.0. The van der Waals surface area contributed by atoms with Crippen LogP contribution in [0.5, 0.6) is 17.4 Å². The maximum atomic E-state index is 11.7. The standard InChI is InChI=1S/C28H29N3O3/c1-28(2,3)25-9-5-6-10-26(25)34-27-21(8-7-15-29-27)16-22-17-23(19-32)31(30-22)18-20-11-13-24(33-4)14-12-20/h5-15,17,19H,16,18H2,1-4H3. The molecule has 0 amide bonds. The minimum Gasteiger partial charge on any atom is -0.497 e. The molecule has 0 spiro atoms. The molecule has 6 heteroatoms. The summed E-state index contributed by atoms with van der Waals surface area (Å²) < 4.78 is 13.2. The van der Waals surface area contributed by atoms with Gasteiger partial charge in [0.25, 0.3) is 0 Å². The summed E-state index contributed by atoms with van der Waals surface area (Å²) in [7, 11) is 1.64. The summed E-state index contributed by atoms with van der Waals surface area (Å²) in [4.78, 5) is 16.2. The van der Waals surface area contributed by atoms with Crippen molar-refractivity contribution in [3.05, 3.63) is 101 Å². The first-order valence-corrected chi connectivity index (χ1v) is 11.2. The molecule has 174 valence electrons.